The van der Waals surface area contributed by atoms with Crippen LogP contribution in [0, 0.1) is 12.7 Å². The van der Waals surface area contributed by atoms with E-state index in [0.29, 0.717) is 16.9 Å². The molecule has 0 aliphatic carbocycles. The van der Waals surface area contributed by atoms with E-state index >= 15 is 0 Å². The van der Waals surface area contributed by atoms with Crippen molar-refractivity contribution in [2.45, 2.75) is 11.8 Å². The molecule has 0 aliphatic heterocycles. The normalized spacial score (nSPS) is 11.4. The number of hydrogen-bond donors (Lipinski definition) is 2. The molecule has 0 heterocycles. The number of aryl methyl sites for hydroxylation is 1. The Labute approximate surface area is 131 Å². The molecular formula is C13H11Cl2FN2O2S. The van der Waals surface area contributed by atoms with Crippen molar-refractivity contribution in [3.05, 3.63) is 51.8 Å². The molecule has 0 bridgehead atoms. The van der Waals surface area contributed by atoms with Crippen LogP contribution in [0.2, 0.25) is 10.0 Å². The van der Waals surface area contributed by atoms with Gasteiger partial charge in [-0.15, -0.1) is 0 Å². The van der Waals surface area contributed by atoms with Crippen LogP contribution in [0.4, 0.5) is 15.8 Å². The standard InChI is InChI=1S/C13H11Cl2FN2O2S/c1-7-2-3-8(17)6-10(7)18-21(19,20)11-5-4-9(14)13(16)12(11)15/h2-6,18H,17H2,1H3. The molecule has 8 heteroatoms. The summed E-state index contributed by atoms with van der Waals surface area (Å²) in [5.41, 5.74) is 6.97. The third kappa shape index (κ3) is 3.23. The molecule has 0 atom stereocenters. The van der Waals surface area contributed by atoms with E-state index in [9.17, 15) is 12.8 Å². The van der Waals surface area contributed by atoms with Crippen LogP contribution in [0.1, 0.15) is 5.56 Å². The lowest BCUT2D eigenvalue weighted by Crippen LogP contribution is -2.15. The smallest absolute Gasteiger partial charge is 0.263 e. The molecule has 0 amide bonds. The number of anilines is 2. The second-order valence-corrected chi connectivity index (χ2v) is 6.79. The van der Waals surface area contributed by atoms with Gasteiger partial charge in [0.25, 0.3) is 10.0 Å². The summed E-state index contributed by atoms with van der Waals surface area (Å²) in [7, 11) is -4.06. The Kier molecular flexibility index (Phi) is 4.32. The Hall–Kier alpha value is -1.50. The lowest BCUT2D eigenvalue weighted by molar-refractivity contribution is 0.595. The maximum Gasteiger partial charge on any atom is 0.263 e. The van der Waals surface area contributed by atoms with Gasteiger partial charge in [0.2, 0.25) is 0 Å². The first kappa shape index (κ1) is 15.9. The summed E-state index contributed by atoms with van der Waals surface area (Å²) < 4.78 is 40.6. The topological polar surface area (TPSA) is 72.2 Å². The van der Waals surface area contributed by atoms with Crippen LogP contribution in [0.3, 0.4) is 0 Å². The third-order valence-electron chi connectivity index (χ3n) is 2.80. The first-order chi connectivity index (χ1) is 9.72. The van der Waals surface area contributed by atoms with Crippen molar-refractivity contribution in [3.8, 4) is 0 Å². The lowest BCUT2D eigenvalue weighted by atomic mass is 10.2. The average Bonchev–Trinajstić information content (AvgIpc) is 2.39. The number of hydrogen-bond acceptors (Lipinski definition) is 3. The van der Waals surface area contributed by atoms with Gasteiger partial charge in [-0.1, -0.05) is 29.3 Å². The van der Waals surface area contributed by atoms with Gasteiger partial charge >= 0.3 is 0 Å². The van der Waals surface area contributed by atoms with Gasteiger partial charge in [0.1, 0.15) is 4.90 Å². The highest BCUT2D eigenvalue weighted by Crippen LogP contribution is 2.31. The third-order valence-corrected chi connectivity index (χ3v) is 4.98. The van der Waals surface area contributed by atoms with Gasteiger partial charge in [-0.05, 0) is 36.8 Å². The number of nitrogen functional groups attached to an aromatic ring is 1. The monoisotopic (exact) mass is 348 g/mol. The molecule has 0 saturated carbocycles. The van der Waals surface area contributed by atoms with Crippen molar-refractivity contribution < 1.29 is 12.8 Å². The van der Waals surface area contributed by atoms with Crippen LogP contribution in [-0.2, 0) is 10.0 Å². The van der Waals surface area contributed by atoms with Crippen LogP contribution in [0.25, 0.3) is 0 Å². The number of nitrogens with two attached hydrogens (primary N) is 1. The minimum atomic E-state index is -4.06. The van der Waals surface area contributed by atoms with Crippen LogP contribution >= 0.6 is 23.2 Å². The Morgan fingerprint density at radius 2 is 1.86 bits per heavy atom. The van der Waals surface area contributed by atoms with E-state index in [1.165, 1.54) is 6.07 Å². The Bertz CT molecular complexity index is 810. The summed E-state index contributed by atoms with van der Waals surface area (Å²) in [4.78, 5) is -0.395. The van der Waals surface area contributed by atoms with E-state index in [0.717, 1.165) is 12.1 Å². The van der Waals surface area contributed by atoms with Gasteiger partial charge in [-0.3, -0.25) is 4.72 Å². The number of sulfonamides is 1. The molecule has 0 aliphatic rings. The summed E-state index contributed by atoms with van der Waals surface area (Å²) in [6.07, 6.45) is 0. The molecule has 0 radical (unpaired) electrons. The fourth-order valence-electron chi connectivity index (χ4n) is 1.67. The number of benzene rings is 2. The van der Waals surface area contributed by atoms with E-state index in [-0.39, 0.29) is 5.02 Å². The Morgan fingerprint density at radius 3 is 2.52 bits per heavy atom. The number of rotatable bonds is 3. The molecule has 2 aromatic carbocycles. The molecule has 4 nitrogen and oxygen atoms in total. The molecule has 2 aromatic rings. The van der Waals surface area contributed by atoms with Crippen molar-refractivity contribution >= 4 is 44.6 Å². The first-order valence-corrected chi connectivity index (χ1v) is 7.99. The Balaban J connectivity index is 2.49. The molecule has 21 heavy (non-hydrogen) atoms. The largest absolute Gasteiger partial charge is 0.399 e. The van der Waals surface area contributed by atoms with Gasteiger partial charge in [-0.2, -0.15) is 0 Å². The molecule has 0 aromatic heterocycles. The van der Waals surface area contributed by atoms with Crippen LogP contribution < -0.4 is 10.5 Å². The average molecular weight is 349 g/mol. The van der Waals surface area contributed by atoms with Gasteiger partial charge < -0.3 is 5.73 Å². The fraction of sp³-hybridized carbons (Fsp3) is 0.0769. The van der Waals surface area contributed by atoms with Crippen molar-refractivity contribution in [3.63, 3.8) is 0 Å². The summed E-state index contributed by atoms with van der Waals surface area (Å²) >= 11 is 11.3. The van der Waals surface area contributed by atoms with E-state index in [4.69, 9.17) is 28.9 Å². The van der Waals surface area contributed by atoms with E-state index in [1.807, 2.05) is 0 Å². The van der Waals surface area contributed by atoms with E-state index in [2.05, 4.69) is 4.72 Å². The molecule has 0 spiro atoms. The quantitative estimate of drug-likeness (QED) is 0.654. The van der Waals surface area contributed by atoms with Crippen LogP contribution in [0.15, 0.2) is 35.2 Å². The van der Waals surface area contributed by atoms with Crippen LogP contribution in [-0.4, -0.2) is 8.42 Å². The predicted octanol–water partition coefficient (Wildman–Crippen LogP) is 3.82. The van der Waals surface area contributed by atoms with Crippen molar-refractivity contribution in [1.29, 1.82) is 0 Å². The summed E-state index contributed by atoms with van der Waals surface area (Å²) in [6.45, 7) is 1.71. The summed E-state index contributed by atoms with van der Waals surface area (Å²) in [5.74, 6) is -0.981. The van der Waals surface area contributed by atoms with Crippen molar-refractivity contribution in [2.75, 3.05) is 10.5 Å². The minimum Gasteiger partial charge on any atom is -0.399 e. The van der Waals surface area contributed by atoms with Gasteiger partial charge in [0.05, 0.1) is 15.7 Å². The molecule has 0 saturated heterocycles. The predicted molar refractivity (Wildman–Crippen MR) is 82.8 cm³/mol. The molecule has 0 fully saturated rings. The molecule has 0 unspecified atom stereocenters. The van der Waals surface area contributed by atoms with E-state index < -0.39 is 25.8 Å². The zero-order valence-electron chi connectivity index (χ0n) is 10.8. The van der Waals surface area contributed by atoms with Gasteiger partial charge in [0.15, 0.2) is 5.82 Å². The highest BCUT2D eigenvalue weighted by molar-refractivity contribution is 7.92. The molecular weight excluding hydrogens is 338 g/mol. The molecule has 2 rings (SSSR count). The fourth-order valence-corrected chi connectivity index (χ4v) is 3.53. The molecule has 112 valence electrons. The number of nitrogens with one attached hydrogen (secondary N) is 1. The van der Waals surface area contributed by atoms with Crippen molar-refractivity contribution in [2.24, 2.45) is 0 Å². The van der Waals surface area contributed by atoms with Crippen LogP contribution in [0.5, 0.6) is 0 Å². The SMILES string of the molecule is Cc1ccc(N)cc1NS(=O)(=O)c1ccc(Cl)c(F)c1Cl. The maximum absolute atomic E-state index is 13.6. The highest BCUT2D eigenvalue weighted by Gasteiger charge is 2.22. The van der Waals surface area contributed by atoms with Gasteiger partial charge in [-0.25, -0.2) is 12.8 Å². The maximum atomic E-state index is 13.6. The lowest BCUT2D eigenvalue weighted by Gasteiger charge is -2.12. The highest BCUT2D eigenvalue weighted by atomic mass is 35.5. The zero-order valence-corrected chi connectivity index (χ0v) is 13.2. The first-order valence-electron chi connectivity index (χ1n) is 5.75. The summed E-state index contributed by atoms with van der Waals surface area (Å²) in [6, 6.07) is 7.04. The minimum absolute atomic E-state index is 0.251. The van der Waals surface area contributed by atoms with E-state index in [1.54, 1.807) is 19.1 Å². The van der Waals surface area contributed by atoms with Crippen molar-refractivity contribution in [1.82, 2.24) is 0 Å². The van der Waals surface area contributed by atoms with Gasteiger partial charge in [0, 0.05) is 5.69 Å². The zero-order chi connectivity index (χ0) is 15.8. The summed E-state index contributed by atoms with van der Waals surface area (Å²) in [5, 5.41) is -0.810. The second kappa shape index (κ2) is 5.71. The Morgan fingerprint density at radius 1 is 1.19 bits per heavy atom. The molecule has 3 N–H and O–H groups in total. The number of halogens is 3. The second-order valence-electron chi connectivity index (χ2n) is 4.35.